The maximum absolute atomic E-state index is 10.7. The van der Waals surface area contributed by atoms with E-state index >= 15 is 0 Å². The summed E-state index contributed by atoms with van der Waals surface area (Å²) in [6, 6.07) is 1.65. The van der Waals surface area contributed by atoms with Crippen LogP contribution >= 0.6 is 0 Å². The third-order valence-electron chi connectivity index (χ3n) is 2.89. The molecule has 4 heteroatoms. The second-order valence-corrected chi connectivity index (χ2v) is 4.45. The molecule has 0 spiro atoms. The standard InChI is InChI=1S/C14H23NO3/c1-4-6-7-12(5-2)10-18-11(3)8-13(9-15)14(16)17/h8,11-12H,4-7,10H2,1-3H3,(H,16,17). The molecule has 0 saturated heterocycles. The molecule has 0 aliphatic carbocycles. The average molecular weight is 253 g/mol. The van der Waals surface area contributed by atoms with Gasteiger partial charge in [0.25, 0.3) is 0 Å². The van der Waals surface area contributed by atoms with E-state index < -0.39 is 5.97 Å². The van der Waals surface area contributed by atoms with Crippen LogP contribution in [0.3, 0.4) is 0 Å². The van der Waals surface area contributed by atoms with E-state index in [1.807, 2.05) is 0 Å². The van der Waals surface area contributed by atoms with Crippen molar-refractivity contribution in [1.82, 2.24) is 0 Å². The fourth-order valence-electron chi connectivity index (χ4n) is 1.63. The number of rotatable bonds is 9. The summed E-state index contributed by atoms with van der Waals surface area (Å²) in [6.45, 7) is 6.66. The zero-order chi connectivity index (χ0) is 14.0. The lowest BCUT2D eigenvalue weighted by Crippen LogP contribution is -2.15. The normalized spacial score (nSPS) is 14.9. The van der Waals surface area contributed by atoms with Gasteiger partial charge in [-0.1, -0.05) is 33.1 Å². The van der Waals surface area contributed by atoms with Crippen molar-refractivity contribution in [2.24, 2.45) is 5.92 Å². The second-order valence-electron chi connectivity index (χ2n) is 4.45. The van der Waals surface area contributed by atoms with Gasteiger partial charge >= 0.3 is 5.97 Å². The molecule has 0 aromatic carbocycles. The van der Waals surface area contributed by atoms with E-state index in [2.05, 4.69) is 13.8 Å². The molecule has 0 rings (SSSR count). The summed E-state index contributed by atoms with van der Waals surface area (Å²) >= 11 is 0. The van der Waals surface area contributed by atoms with E-state index in [-0.39, 0.29) is 11.7 Å². The molecular formula is C14H23NO3. The molecule has 2 atom stereocenters. The molecule has 1 N–H and O–H groups in total. The highest BCUT2D eigenvalue weighted by molar-refractivity contribution is 5.91. The van der Waals surface area contributed by atoms with Crippen molar-refractivity contribution in [2.75, 3.05) is 6.61 Å². The van der Waals surface area contributed by atoms with Gasteiger partial charge in [0.2, 0.25) is 0 Å². The van der Waals surface area contributed by atoms with E-state index in [9.17, 15) is 4.79 Å². The molecule has 0 radical (unpaired) electrons. The van der Waals surface area contributed by atoms with Crippen LogP contribution in [0.25, 0.3) is 0 Å². The first-order valence-corrected chi connectivity index (χ1v) is 6.51. The molecular weight excluding hydrogens is 230 g/mol. The monoisotopic (exact) mass is 253 g/mol. The molecule has 0 aromatic heterocycles. The fourth-order valence-corrected chi connectivity index (χ4v) is 1.63. The van der Waals surface area contributed by atoms with Crippen molar-refractivity contribution in [3.8, 4) is 6.07 Å². The smallest absolute Gasteiger partial charge is 0.346 e. The molecule has 4 nitrogen and oxygen atoms in total. The first-order valence-electron chi connectivity index (χ1n) is 6.51. The van der Waals surface area contributed by atoms with Crippen molar-refractivity contribution >= 4 is 5.97 Å². The van der Waals surface area contributed by atoms with Gasteiger partial charge in [0.1, 0.15) is 11.6 Å². The molecule has 0 bridgehead atoms. The second kappa shape index (κ2) is 9.67. The third-order valence-corrected chi connectivity index (χ3v) is 2.89. The summed E-state index contributed by atoms with van der Waals surface area (Å²) in [5.74, 6) is -0.692. The number of hydrogen-bond acceptors (Lipinski definition) is 3. The van der Waals surface area contributed by atoms with Gasteiger partial charge in [0, 0.05) is 0 Å². The van der Waals surface area contributed by atoms with Gasteiger partial charge in [-0.25, -0.2) is 4.79 Å². The molecule has 0 aromatic rings. The Morgan fingerprint density at radius 1 is 1.50 bits per heavy atom. The van der Waals surface area contributed by atoms with Crippen LogP contribution in [0, 0.1) is 17.2 Å². The number of hydrogen-bond donors (Lipinski definition) is 1. The minimum Gasteiger partial charge on any atom is -0.477 e. The summed E-state index contributed by atoms with van der Waals surface area (Å²) < 4.78 is 5.58. The Morgan fingerprint density at radius 2 is 2.17 bits per heavy atom. The minimum atomic E-state index is -1.20. The topological polar surface area (TPSA) is 70.3 Å². The van der Waals surface area contributed by atoms with Crippen molar-refractivity contribution in [2.45, 2.75) is 52.6 Å². The van der Waals surface area contributed by atoms with Gasteiger partial charge in [-0.15, -0.1) is 0 Å². The zero-order valence-electron chi connectivity index (χ0n) is 11.5. The summed E-state index contributed by atoms with van der Waals surface area (Å²) in [5, 5.41) is 17.3. The molecule has 0 fully saturated rings. The highest BCUT2D eigenvalue weighted by atomic mass is 16.5. The lowest BCUT2D eigenvalue weighted by molar-refractivity contribution is -0.132. The summed E-state index contributed by atoms with van der Waals surface area (Å²) in [6.07, 6.45) is 5.56. The first-order chi connectivity index (χ1) is 8.54. The maximum atomic E-state index is 10.7. The third kappa shape index (κ3) is 7.08. The zero-order valence-corrected chi connectivity index (χ0v) is 11.5. The lowest BCUT2D eigenvalue weighted by Gasteiger charge is -2.17. The SMILES string of the molecule is CCCCC(CC)COC(C)C=C(C#N)C(=O)O. The number of aliphatic carboxylic acids is 1. The summed E-state index contributed by atoms with van der Waals surface area (Å²) in [4.78, 5) is 10.7. The highest BCUT2D eigenvalue weighted by Gasteiger charge is 2.11. The Morgan fingerprint density at radius 3 is 2.61 bits per heavy atom. The van der Waals surface area contributed by atoms with Gasteiger partial charge in [-0.05, 0) is 25.3 Å². The van der Waals surface area contributed by atoms with E-state index in [0.717, 1.165) is 12.8 Å². The number of nitrogens with zero attached hydrogens (tertiary/aromatic N) is 1. The minimum absolute atomic E-state index is 0.260. The number of carbonyl (C=O) groups is 1. The molecule has 102 valence electrons. The fraction of sp³-hybridized carbons (Fsp3) is 0.714. The molecule has 0 heterocycles. The molecule has 0 aliphatic rings. The number of ether oxygens (including phenoxy) is 1. The van der Waals surface area contributed by atoms with Gasteiger partial charge in [0.15, 0.2) is 0 Å². The van der Waals surface area contributed by atoms with E-state index in [1.54, 1.807) is 13.0 Å². The first kappa shape index (κ1) is 16.7. The van der Waals surface area contributed by atoms with Crippen molar-refractivity contribution in [1.29, 1.82) is 5.26 Å². The van der Waals surface area contributed by atoms with Crippen LogP contribution in [-0.2, 0) is 9.53 Å². The van der Waals surface area contributed by atoms with Crippen LogP contribution in [0.2, 0.25) is 0 Å². The predicted octanol–water partition coefficient (Wildman–Crippen LogP) is 3.14. The Kier molecular flexibility index (Phi) is 8.95. The lowest BCUT2D eigenvalue weighted by atomic mass is 10.0. The average Bonchev–Trinajstić information content (AvgIpc) is 2.35. The van der Waals surface area contributed by atoms with Crippen LogP contribution in [0.4, 0.5) is 0 Å². The molecule has 0 saturated carbocycles. The van der Waals surface area contributed by atoms with Gasteiger partial charge in [-0.2, -0.15) is 5.26 Å². The maximum Gasteiger partial charge on any atom is 0.346 e. The Hall–Kier alpha value is -1.34. The van der Waals surface area contributed by atoms with Crippen molar-refractivity contribution in [3.63, 3.8) is 0 Å². The molecule has 2 unspecified atom stereocenters. The Bertz CT molecular complexity index is 317. The predicted molar refractivity (Wildman–Crippen MR) is 70.1 cm³/mol. The number of carboxylic acids is 1. The Labute approximate surface area is 109 Å². The van der Waals surface area contributed by atoms with Crippen LogP contribution in [0.5, 0.6) is 0 Å². The van der Waals surface area contributed by atoms with Gasteiger partial charge in [0.05, 0.1) is 12.7 Å². The van der Waals surface area contributed by atoms with E-state index in [0.29, 0.717) is 12.5 Å². The highest BCUT2D eigenvalue weighted by Crippen LogP contribution is 2.14. The number of unbranched alkanes of at least 4 members (excludes halogenated alkanes) is 1. The largest absolute Gasteiger partial charge is 0.477 e. The number of nitriles is 1. The van der Waals surface area contributed by atoms with Crippen LogP contribution < -0.4 is 0 Å². The van der Waals surface area contributed by atoms with E-state index in [4.69, 9.17) is 15.1 Å². The summed E-state index contributed by atoms with van der Waals surface area (Å²) in [5.41, 5.74) is -0.260. The molecule has 0 aliphatic heterocycles. The van der Waals surface area contributed by atoms with Crippen molar-refractivity contribution < 1.29 is 14.6 Å². The quantitative estimate of drug-likeness (QED) is 0.506. The van der Waals surface area contributed by atoms with Gasteiger partial charge in [-0.3, -0.25) is 0 Å². The van der Waals surface area contributed by atoms with Gasteiger partial charge < -0.3 is 9.84 Å². The summed E-state index contributed by atoms with van der Waals surface area (Å²) in [7, 11) is 0. The molecule has 0 amide bonds. The van der Waals surface area contributed by atoms with E-state index in [1.165, 1.54) is 18.9 Å². The van der Waals surface area contributed by atoms with Crippen LogP contribution in [0.1, 0.15) is 46.5 Å². The molecule has 18 heavy (non-hydrogen) atoms. The van der Waals surface area contributed by atoms with Crippen molar-refractivity contribution in [3.05, 3.63) is 11.6 Å². The Balaban J connectivity index is 4.19. The van der Waals surface area contributed by atoms with Crippen LogP contribution in [-0.4, -0.2) is 23.8 Å². The number of carboxylic acid groups (broad SMARTS) is 1. The van der Waals surface area contributed by atoms with Crippen LogP contribution in [0.15, 0.2) is 11.6 Å².